The maximum absolute atomic E-state index is 12.9. The zero-order valence-electron chi connectivity index (χ0n) is 16.7. The molecule has 30 heavy (non-hydrogen) atoms. The molecule has 1 saturated heterocycles. The Morgan fingerprint density at radius 3 is 2.40 bits per heavy atom. The molecule has 8 heteroatoms. The topological polar surface area (TPSA) is 71.4 Å². The number of carbonyl (C=O) groups is 1. The van der Waals surface area contributed by atoms with E-state index in [0.29, 0.717) is 34.9 Å². The number of aryl methyl sites for hydroxylation is 1. The summed E-state index contributed by atoms with van der Waals surface area (Å²) < 4.78 is 27.5. The average Bonchev–Trinajstić information content (AvgIpc) is 3.20. The van der Waals surface area contributed by atoms with E-state index in [0.717, 1.165) is 17.1 Å². The molecule has 1 aliphatic heterocycles. The van der Waals surface area contributed by atoms with Crippen molar-refractivity contribution in [3.8, 4) is 5.69 Å². The van der Waals surface area contributed by atoms with Crippen molar-refractivity contribution >= 4 is 38.9 Å². The monoisotopic (exact) mass is 443 g/mol. The molecule has 0 unspecified atom stereocenters. The molecule has 1 amide bonds. The van der Waals surface area contributed by atoms with Gasteiger partial charge in [-0.1, -0.05) is 17.7 Å². The van der Waals surface area contributed by atoms with E-state index in [9.17, 15) is 13.2 Å². The second-order valence-electron chi connectivity index (χ2n) is 7.34. The van der Waals surface area contributed by atoms with E-state index in [-0.39, 0.29) is 11.7 Å². The number of anilines is 2. The Hall–Kier alpha value is -2.77. The van der Waals surface area contributed by atoms with E-state index in [2.05, 4.69) is 5.32 Å². The molecule has 6 nitrogen and oxygen atoms in total. The van der Waals surface area contributed by atoms with Gasteiger partial charge in [0.25, 0.3) is 5.91 Å². The van der Waals surface area contributed by atoms with Gasteiger partial charge >= 0.3 is 0 Å². The first kappa shape index (κ1) is 20.5. The second kappa shape index (κ2) is 7.81. The molecule has 156 valence electrons. The maximum atomic E-state index is 12.9. The lowest BCUT2D eigenvalue weighted by atomic mass is 10.2. The number of benzene rings is 2. The van der Waals surface area contributed by atoms with Crippen LogP contribution in [0.2, 0.25) is 5.02 Å². The van der Waals surface area contributed by atoms with E-state index >= 15 is 0 Å². The van der Waals surface area contributed by atoms with E-state index in [1.807, 2.05) is 48.7 Å². The lowest BCUT2D eigenvalue weighted by Crippen LogP contribution is -2.25. The van der Waals surface area contributed by atoms with Gasteiger partial charge in [-0.15, -0.1) is 0 Å². The van der Waals surface area contributed by atoms with E-state index in [1.165, 1.54) is 4.31 Å². The zero-order chi connectivity index (χ0) is 21.5. The highest BCUT2D eigenvalue weighted by Gasteiger charge is 2.28. The standard InChI is InChI=1S/C22H22ClN3O3S/c1-15-13-21(16(2)26(15)20-6-3-5-17(23)14-20)22(27)24-18-7-9-19(10-8-18)25-11-4-12-30(25,28)29/h3,5-10,13-14H,4,11-12H2,1-2H3,(H,24,27). The summed E-state index contributed by atoms with van der Waals surface area (Å²) in [6, 6.07) is 16.2. The molecule has 4 rings (SSSR count). The van der Waals surface area contributed by atoms with Gasteiger partial charge in [-0.25, -0.2) is 8.42 Å². The van der Waals surface area contributed by atoms with Crippen molar-refractivity contribution in [1.82, 2.24) is 4.57 Å². The third-order valence-electron chi connectivity index (χ3n) is 5.25. The summed E-state index contributed by atoms with van der Waals surface area (Å²) in [5, 5.41) is 3.53. The number of sulfonamides is 1. The minimum absolute atomic E-state index is 0.174. The Balaban J connectivity index is 1.55. The minimum Gasteiger partial charge on any atom is -0.322 e. The molecule has 1 fully saturated rings. The number of nitrogens with one attached hydrogen (secondary N) is 1. The lowest BCUT2D eigenvalue weighted by Gasteiger charge is -2.17. The molecule has 3 aromatic rings. The van der Waals surface area contributed by atoms with Crippen LogP contribution in [0.15, 0.2) is 54.6 Å². The molecule has 2 heterocycles. The number of carbonyl (C=O) groups excluding carboxylic acids is 1. The number of hydrogen-bond acceptors (Lipinski definition) is 3. The van der Waals surface area contributed by atoms with Gasteiger partial charge in [0.15, 0.2) is 0 Å². The normalized spacial score (nSPS) is 15.4. The largest absolute Gasteiger partial charge is 0.322 e. The van der Waals surface area contributed by atoms with Crippen LogP contribution in [0.1, 0.15) is 28.2 Å². The number of amides is 1. The van der Waals surface area contributed by atoms with Crippen molar-refractivity contribution < 1.29 is 13.2 Å². The fraction of sp³-hybridized carbons (Fsp3) is 0.227. The van der Waals surface area contributed by atoms with E-state index in [1.54, 1.807) is 24.3 Å². The van der Waals surface area contributed by atoms with Gasteiger partial charge in [0.1, 0.15) is 0 Å². The smallest absolute Gasteiger partial charge is 0.257 e. The van der Waals surface area contributed by atoms with Crippen LogP contribution < -0.4 is 9.62 Å². The van der Waals surface area contributed by atoms with Crippen LogP contribution in [-0.2, 0) is 10.0 Å². The number of nitrogens with zero attached hydrogens (tertiary/aromatic N) is 2. The lowest BCUT2D eigenvalue weighted by molar-refractivity contribution is 0.102. The van der Waals surface area contributed by atoms with Crippen LogP contribution >= 0.6 is 11.6 Å². The van der Waals surface area contributed by atoms with Gasteiger partial charge in [-0.3, -0.25) is 9.10 Å². The SMILES string of the molecule is Cc1cc(C(=O)Nc2ccc(N3CCCS3(=O)=O)cc2)c(C)n1-c1cccc(Cl)c1. The number of rotatable bonds is 4. The summed E-state index contributed by atoms with van der Waals surface area (Å²) in [4.78, 5) is 12.9. The van der Waals surface area contributed by atoms with Gasteiger partial charge < -0.3 is 9.88 Å². The van der Waals surface area contributed by atoms with E-state index in [4.69, 9.17) is 11.6 Å². The van der Waals surface area contributed by atoms with Gasteiger partial charge in [0.2, 0.25) is 10.0 Å². The Labute approximate surface area is 181 Å². The van der Waals surface area contributed by atoms with Crippen molar-refractivity contribution in [2.45, 2.75) is 20.3 Å². The van der Waals surface area contributed by atoms with Crippen molar-refractivity contribution in [3.05, 3.63) is 76.6 Å². The highest BCUT2D eigenvalue weighted by molar-refractivity contribution is 7.93. The first-order chi connectivity index (χ1) is 14.3. The number of hydrogen-bond donors (Lipinski definition) is 1. The van der Waals surface area contributed by atoms with Gasteiger partial charge in [-0.2, -0.15) is 0 Å². The van der Waals surface area contributed by atoms with Crippen molar-refractivity contribution in [1.29, 1.82) is 0 Å². The fourth-order valence-electron chi connectivity index (χ4n) is 3.84. The van der Waals surface area contributed by atoms with Crippen molar-refractivity contribution in [3.63, 3.8) is 0 Å². The molecular formula is C22H22ClN3O3S. The molecule has 0 radical (unpaired) electrons. The molecule has 1 N–H and O–H groups in total. The Bertz CT molecular complexity index is 1220. The predicted octanol–water partition coefficient (Wildman–Crippen LogP) is 4.54. The average molecular weight is 444 g/mol. The summed E-state index contributed by atoms with van der Waals surface area (Å²) in [6.07, 6.45) is 0.628. The summed E-state index contributed by atoms with van der Waals surface area (Å²) in [5.41, 5.74) is 4.42. The van der Waals surface area contributed by atoms with Crippen LogP contribution in [-0.4, -0.2) is 31.2 Å². The van der Waals surface area contributed by atoms with Crippen LogP contribution in [0.25, 0.3) is 5.69 Å². The summed E-state index contributed by atoms with van der Waals surface area (Å²) in [5.74, 6) is -0.0498. The number of halogens is 1. The maximum Gasteiger partial charge on any atom is 0.257 e. The van der Waals surface area contributed by atoms with Crippen molar-refractivity contribution in [2.24, 2.45) is 0 Å². The van der Waals surface area contributed by atoms with Crippen LogP contribution in [0.4, 0.5) is 11.4 Å². The molecule has 1 aliphatic rings. The Morgan fingerprint density at radius 1 is 1.03 bits per heavy atom. The molecule has 2 aromatic carbocycles. The highest BCUT2D eigenvalue weighted by Crippen LogP contribution is 2.27. The highest BCUT2D eigenvalue weighted by atomic mass is 35.5. The predicted molar refractivity (Wildman–Crippen MR) is 120 cm³/mol. The van der Waals surface area contributed by atoms with E-state index < -0.39 is 10.0 Å². The third kappa shape index (κ3) is 3.82. The zero-order valence-corrected chi connectivity index (χ0v) is 18.3. The summed E-state index contributed by atoms with van der Waals surface area (Å²) >= 11 is 6.12. The summed E-state index contributed by atoms with van der Waals surface area (Å²) in [7, 11) is -3.22. The van der Waals surface area contributed by atoms with Crippen molar-refractivity contribution in [2.75, 3.05) is 21.9 Å². The first-order valence-electron chi connectivity index (χ1n) is 9.63. The van der Waals surface area contributed by atoms with Gasteiger partial charge in [0.05, 0.1) is 17.0 Å². The fourth-order valence-corrected chi connectivity index (χ4v) is 5.59. The quantitative estimate of drug-likeness (QED) is 0.643. The van der Waals surface area contributed by atoms with Crippen LogP contribution in [0.5, 0.6) is 0 Å². The van der Waals surface area contributed by atoms with Crippen LogP contribution in [0, 0.1) is 13.8 Å². The third-order valence-corrected chi connectivity index (χ3v) is 7.36. The Kier molecular flexibility index (Phi) is 5.34. The molecular weight excluding hydrogens is 422 g/mol. The van der Waals surface area contributed by atoms with Gasteiger partial charge in [-0.05, 0) is 68.8 Å². The minimum atomic E-state index is -3.22. The van der Waals surface area contributed by atoms with Gasteiger partial charge in [0, 0.05) is 34.3 Å². The molecule has 0 spiro atoms. The summed E-state index contributed by atoms with van der Waals surface area (Å²) in [6.45, 7) is 4.32. The number of aromatic nitrogens is 1. The molecule has 0 aliphatic carbocycles. The first-order valence-corrected chi connectivity index (χ1v) is 11.6. The molecule has 0 bridgehead atoms. The molecule has 1 aromatic heterocycles. The molecule has 0 atom stereocenters. The molecule has 0 saturated carbocycles. The Morgan fingerprint density at radius 2 is 1.77 bits per heavy atom. The van der Waals surface area contributed by atoms with Crippen LogP contribution in [0.3, 0.4) is 0 Å². The second-order valence-corrected chi connectivity index (χ2v) is 9.79.